The minimum atomic E-state index is -0.742. The summed E-state index contributed by atoms with van der Waals surface area (Å²) in [4.78, 5) is 11.9. The molecule has 0 aliphatic carbocycles. The number of hydrogen-bond acceptors (Lipinski definition) is 4. The van der Waals surface area contributed by atoms with Gasteiger partial charge < -0.3 is 14.2 Å². The van der Waals surface area contributed by atoms with Crippen LogP contribution in [0.4, 0.5) is 0 Å². The third kappa shape index (κ3) is 3.86. The smallest absolute Gasteiger partial charge is 0.192 e. The zero-order valence-electron chi connectivity index (χ0n) is 11.6. The molecular weight excluding hydrogens is 244 g/mol. The molecule has 4 heteroatoms. The molecule has 0 aromatic heterocycles. The normalized spacial score (nSPS) is 26.4. The molecule has 1 heterocycles. The van der Waals surface area contributed by atoms with Gasteiger partial charge in [-0.2, -0.15) is 0 Å². The molecule has 0 amide bonds. The second-order valence-corrected chi connectivity index (χ2v) is 5.17. The van der Waals surface area contributed by atoms with E-state index in [-0.39, 0.29) is 12.4 Å². The number of benzene rings is 1. The summed E-state index contributed by atoms with van der Waals surface area (Å²) in [5, 5.41) is 0. The summed E-state index contributed by atoms with van der Waals surface area (Å²) in [5.41, 5.74) is 1.08. The zero-order chi connectivity index (χ0) is 13.9. The van der Waals surface area contributed by atoms with Gasteiger partial charge in [-0.25, -0.2) is 0 Å². The van der Waals surface area contributed by atoms with Gasteiger partial charge in [0.1, 0.15) is 12.2 Å². The Bertz CT molecular complexity index is 427. The van der Waals surface area contributed by atoms with Crippen molar-refractivity contribution in [2.45, 2.75) is 45.4 Å². The molecule has 1 aromatic carbocycles. The number of ether oxygens (including phenoxy) is 3. The molecule has 0 unspecified atom stereocenters. The molecule has 1 saturated heterocycles. The molecule has 0 spiro atoms. The zero-order valence-corrected chi connectivity index (χ0v) is 11.6. The third-order valence-electron chi connectivity index (χ3n) is 2.99. The van der Waals surface area contributed by atoms with Crippen molar-refractivity contribution in [1.29, 1.82) is 0 Å². The molecule has 1 fully saturated rings. The van der Waals surface area contributed by atoms with Crippen LogP contribution in [-0.2, 0) is 25.6 Å². The summed E-state index contributed by atoms with van der Waals surface area (Å²) in [6.45, 7) is 6.09. The van der Waals surface area contributed by atoms with Gasteiger partial charge in [0.15, 0.2) is 11.6 Å². The number of Topliss-reactive ketones (excluding diaryl/α,β-unsaturated/α-hetero) is 1. The Morgan fingerprint density at radius 1 is 1.21 bits per heavy atom. The molecule has 104 valence electrons. The van der Waals surface area contributed by atoms with Gasteiger partial charge in [0.2, 0.25) is 0 Å². The summed E-state index contributed by atoms with van der Waals surface area (Å²) in [5.74, 6) is -0.805. The predicted molar refractivity (Wildman–Crippen MR) is 70.6 cm³/mol. The number of carbonyl (C=O) groups is 1. The van der Waals surface area contributed by atoms with Crippen LogP contribution in [0.1, 0.15) is 26.3 Å². The lowest BCUT2D eigenvalue weighted by Gasteiger charge is -2.38. The average Bonchev–Trinajstić information content (AvgIpc) is 2.36. The Labute approximate surface area is 113 Å². The topological polar surface area (TPSA) is 44.8 Å². The van der Waals surface area contributed by atoms with Crippen molar-refractivity contribution in [3.63, 3.8) is 0 Å². The third-order valence-corrected chi connectivity index (χ3v) is 2.99. The van der Waals surface area contributed by atoms with Gasteiger partial charge in [0.05, 0.1) is 13.2 Å². The highest BCUT2D eigenvalue weighted by atomic mass is 16.7. The molecule has 0 bridgehead atoms. The highest BCUT2D eigenvalue weighted by Crippen LogP contribution is 2.24. The van der Waals surface area contributed by atoms with E-state index < -0.39 is 18.0 Å². The Morgan fingerprint density at radius 3 is 2.58 bits per heavy atom. The van der Waals surface area contributed by atoms with Gasteiger partial charge in [0.25, 0.3) is 0 Å². The molecule has 0 N–H and O–H groups in total. The Balaban J connectivity index is 1.86. The predicted octanol–water partition coefficient (Wildman–Crippen LogP) is 2.31. The summed E-state index contributed by atoms with van der Waals surface area (Å²) >= 11 is 0. The summed E-state index contributed by atoms with van der Waals surface area (Å²) in [6, 6.07) is 9.84. The van der Waals surface area contributed by atoms with Crippen molar-refractivity contribution < 1.29 is 19.0 Å². The maximum atomic E-state index is 11.9. The van der Waals surface area contributed by atoms with Gasteiger partial charge in [-0.3, -0.25) is 4.79 Å². The molecule has 0 saturated carbocycles. The lowest BCUT2D eigenvalue weighted by molar-refractivity contribution is -0.282. The molecule has 1 aliphatic rings. The fraction of sp³-hybridized carbons (Fsp3) is 0.533. The van der Waals surface area contributed by atoms with Gasteiger partial charge >= 0.3 is 0 Å². The van der Waals surface area contributed by atoms with Gasteiger partial charge in [-0.1, -0.05) is 30.3 Å². The Morgan fingerprint density at radius 2 is 1.89 bits per heavy atom. The number of hydrogen-bond donors (Lipinski definition) is 0. The van der Waals surface area contributed by atoms with Crippen molar-refractivity contribution in [1.82, 2.24) is 0 Å². The highest BCUT2D eigenvalue weighted by Gasteiger charge is 2.39. The summed E-state index contributed by atoms with van der Waals surface area (Å²) in [6.07, 6.45) is -1.00. The second kappa shape index (κ2) is 5.82. The number of ketones is 1. The van der Waals surface area contributed by atoms with Crippen LogP contribution in [0.15, 0.2) is 30.3 Å². The maximum Gasteiger partial charge on any atom is 0.192 e. The van der Waals surface area contributed by atoms with Crippen molar-refractivity contribution in [3.8, 4) is 0 Å². The highest BCUT2D eigenvalue weighted by molar-refractivity contribution is 5.87. The Kier molecular flexibility index (Phi) is 4.34. The molecule has 2 atom stereocenters. The molecule has 1 aromatic rings. The van der Waals surface area contributed by atoms with Crippen LogP contribution in [0.25, 0.3) is 0 Å². The first-order valence-corrected chi connectivity index (χ1v) is 6.49. The van der Waals surface area contributed by atoms with Crippen LogP contribution in [0.5, 0.6) is 0 Å². The maximum absolute atomic E-state index is 11.9. The van der Waals surface area contributed by atoms with Crippen LogP contribution < -0.4 is 0 Å². The van der Waals surface area contributed by atoms with E-state index in [0.29, 0.717) is 6.61 Å². The minimum Gasteiger partial charge on any atom is -0.374 e. The van der Waals surface area contributed by atoms with E-state index in [0.717, 1.165) is 5.56 Å². The van der Waals surface area contributed by atoms with Crippen LogP contribution >= 0.6 is 0 Å². The van der Waals surface area contributed by atoms with E-state index in [1.165, 1.54) is 0 Å². The van der Waals surface area contributed by atoms with E-state index in [1.807, 2.05) is 30.3 Å². The van der Waals surface area contributed by atoms with E-state index in [9.17, 15) is 4.79 Å². The lowest BCUT2D eigenvalue weighted by Crippen LogP contribution is -2.52. The minimum absolute atomic E-state index is 0.0626. The van der Waals surface area contributed by atoms with Crippen molar-refractivity contribution in [2.24, 2.45) is 0 Å². The quantitative estimate of drug-likeness (QED) is 0.837. The van der Waals surface area contributed by atoms with E-state index in [4.69, 9.17) is 14.2 Å². The fourth-order valence-electron chi connectivity index (χ4n) is 2.15. The first-order chi connectivity index (χ1) is 8.98. The van der Waals surface area contributed by atoms with Crippen molar-refractivity contribution in [3.05, 3.63) is 35.9 Å². The van der Waals surface area contributed by atoms with Gasteiger partial charge in [-0.15, -0.1) is 0 Å². The van der Waals surface area contributed by atoms with E-state index in [2.05, 4.69) is 0 Å². The van der Waals surface area contributed by atoms with Crippen LogP contribution in [0.3, 0.4) is 0 Å². The molecule has 1 aliphatic heterocycles. The van der Waals surface area contributed by atoms with Crippen molar-refractivity contribution in [2.75, 3.05) is 6.61 Å². The largest absolute Gasteiger partial charge is 0.374 e. The van der Waals surface area contributed by atoms with E-state index >= 15 is 0 Å². The number of rotatable bonds is 4. The van der Waals surface area contributed by atoms with E-state index in [1.54, 1.807) is 20.8 Å². The summed E-state index contributed by atoms with van der Waals surface area (Å²) < 4.78 is 16.6. The first kappa shape index (κ1) is 14.2. The SMILES string of the molecule is C[C@@H]1OC(C)(C)O[C@@H](COCc2ccccc2)C1=O. The molecule has 2 rings (SSSR count). The molecule has 4 nitrogen and oxygen atoms in total. The summed E-state index contributed by atoms with van der Waals surface area (Å²) in [7, 11) is 0. The molecule has 19 heavy (non-hydrogen) atoms. The van der Waals surface area contributed by atoms with Gasteiger partial charge in [-0.05, 0) is 26.3 Å². The Hall–Kier alpha value is -1.23. The molecular formula is C15H20O4. The van der Waals surface area contributed by atoms with Crippen molar-refractivity contribution >= 4 is 5.78 Å². The standard InChI is InChI=1S/C15H20O4/c1-11-14(16)13(19-15(2,3)18-11)10-17-9-12-7-5-4-6-8-12/h4-8,11,13H,9-10H2,1-3H3/t11-,13-/m0/s1. The van der Waals surface area contributed by atoms with Crippen LogP contribution in [-0.4, -0.2) is 30.4 Å². The average molecular weight is 264 g/mol. The first-order valence-electron chi connectivity index (χ1n) is 6.49. The fourth-order valence-corrected chi connectivity index (χ4v) is 2.15. The molecule has 0 radical (unpaired) electrons. The number of carbonyl (C=O) groups excluding carboxylic acids is 1. The van der Waals surface area contributed by atoms with Crippen LogP contribution in [0, 0.1) is 0 Å². The lowest BCUT2D eigenvalue weighted by atomic mass is 10.1. The monoisotopic (exact) mass is 264 g/mol. The van der Waals surface area contributed by atoms with Gasteiger partial charge in [0, 0.05) is 0 Å². The van der Waals surface area contributed by atoms with Crippen LogP contribution in [0.2, 0.25) is 0 Å². The second-order valence-electron chi connectivity index (χ2n) is 5.17.